The lowest BCUT2D eigenvalue weighted by molar-refractivity contribution is -0.386. The maximum absolute atomic E-state index is 12.3. The molecular formula is C13H9N3O6. The summed E-state index contributed by atoms with van der Waals surface area (Å²) in [4.78, 5) is 43.9. The van der Waals surface area contributed by atoms with E-state index in [9.17, 15) is 29.8 Å². The summed E-state index contributed by atoms with van der Waals surface area (Å²) >= 11 is 0. The number of non-ortho nitro benzene ring substituents is 1. The van der Waals surface area contributed by atoms with Gasteiger partial charge in [-0.2, -0.15) is 0 Å². The van der Waals surface area contributed by atoms with E-state index in [0.29, 0.717) is 0 Å². The fourth-order valence-electron chi connectivity index (χ4n) is 1.88. The van der Waals surface area contributed by atoms with Crippen LogP contribution in [0.25, 0.3) is 0 Å². The SMILES string of the molecule is Cn1cc(C(=O)c2cccc([N+](=O)[O-])c2)cc([N+](=O)[O-])c1=O. The van der Waals surface area contributed by atoms with Gasteiger partial charge in [0.25, 0.3) is 5.69 Å². The van der Waals surface area contributed by atoms with Crippen LogP contribution in [0.15, 0.2) is 41.3 Å². The summed E-state index contributed by atoms with van der Waals surface area (Å²) in [6.45, 7) is 0. The monoisotopic (exact) mass is 303 g/mol. The van der Waals surface area contributed by atoms with E-state index in [-0.39, 0.29) is 16.8 Å². The van der Waals surface area contributed by atoms with Crippen LogP contribution >= 0.6 is 0 Å². The maximum Gasteiger partial charge on any atom is 0.334 e. The van der Waals surface area contributed by atoms with Gasteiger partial charge in [-0.3, -0.25) is 29.8 Å². The summed E-state index contributed by atoms with van der Waals surface area (Å²) in [6, 6.07) is 5.84. The zero-order valence-electron chi connectivity index (χ0n) is 11.3. The highest BCUT2D eigenvalue weighted by Crippen LogP contribution is 2.17. The third kappa shape index (κ3) is 2.73. The largest absolute Gasteiger partial charge is 0.334 e. The molecule has 0 bridgehead atoms. The Labute approximate surface area is 122 Å². The number of aryl methyl sites for hydroxylation is 1. The van der Waals surface area contributed by atoms with Crippen molar-refractivity contribution < 1.29 is 14.6 Å². The van der Waals surface area contributed by atoms with Gasteiger partial charge < -0.3 is 4.57 Å². The minimum absolute atomic E-state index is 0.00199. The number of nitro benzene ring substituents is 1. The predicted molar refractivity (Wildman–Crippen MR) is 74.9 cm³/mol. The molecule has 0 saturated carbocycles. The molecule has 9 nitrogen and oxygen atoms in total. The van der Waals surface area contributed by atoms with Crippen molar-refractivity contribution in [3.63, 3.8) is 0 Å². The highest BCUT2D eigenvalue weighted by Gasteiger charge is 2.20. The van der Waals surface area contributed by atoms with E-state index in [0.717, 1.165) is 22.9 Å². The van der Waals surface area contributed by atoms with Gasteiger partial charge in [0.1, 0.15) is 0 Å². The van der Waals surface area contributed by atoms with Crippen LogP contribution in [-0.4, -0.2) is 20.2 Å². The lowest BCUT2D eigenvalue weighted by Gasteiger charge is -2.04. The highest BCUT2D eigenvalue weighted by atomic mass is 16.6. The van der Waals surface area contributed by atoms with E-state index < -0.39 is 26.9 Å². The van der Waals surface area contributed by atoms with Crippen molar-refractivity contribution in [2.24, 2.45) is 7.05 Å². The number of hydrogen-bond donors (Lipinski definition) is 0. The Hall–Kier alpha value is -3.36. The minimum Gasteiger partial charge on any atom is -0.312 e. The van der Waals surface area contributed by atoms with Gasteiger partial charge >= 0.3 is 11.2 Å². The first kappa shape index (κ1) is 15.0. The van der Waals surface area contributed by atoms with E-state index in [4.69, 9.17) is 0 Å². The molecular weight excluding hydrogens is 294 g/mol. The summed E-state index contributed by atoms with van der Waals surface area (Å²) in [6.07, 6.45) is 1.15. The normalized spacial score (nSPS) is 10.2. The first-order chi connectivity index (χ1) is 10.3. The first-order valence-electron chi connectivity index (χ1n) is 5.95. The van der Waals surface area contributed by atoms with Crippen molar-refractivity contribution in [2.75, 3.05) is 0 Å². The van der Waals surface area contributed by atoms with Gasteiger partial charge in [-0.15, -0.1) is 0 Å². The molecule has 0 saturated heterocycles. The van der Waals surface area contributed by atoms with Gasteiger partial charge in [0.15, 0.2) is 5.78 Å². The molecule has 2 rings (SSSR count). The van der Waals surface area contributed by atoms with E-state index in [1.165, 1.54) is 25.2 Å². The fourth-order valence-corrected chi connectivity index (χ4v) is 1.88. The summed E-state index contributed by atoms with van der Waals surface area (Å²) in [5.41, 5.74) is -1.96. The molecule has 0 aliphatic rings. The first-order valence-corrected chi connectivity index (χ1v) is 5.95. The van der Waals surface area contributed by atoms with Crippen molar-refractivity contribution in [3.05, 3.63) is 78.2 Å². The van der Waals surface area contributed by atoms with Crippen molar-refractivity contribution >= 4 is 17.2 Å². The summed E-state index contributed by atoms with van der Waals surface area (Å²) < 4.78 is 0.919. The van der Waals surface area contributed by atoms with Crippen LogP contribution in [0.4, 0.5) is 11.4 Å². The van der Waals surface area contributed by atoms with Gasteiger partial charge in [-0.1, -0.05) is 12.1 Å². The van der Waals surface area contributed by atoms with Crippen LogP contribution in [0.3, 0.4) is 0 Å². The van der Waals surface area contributed by atoms with Crippen LogP contribution in [0, 0.1) is 20.2 Å². The van der Waals surface area contributed by atoms with Crippen molar-refractivity contribution in [1.29, 1.82) is 0 Å². The number of nitrogens with zero attached hydrogens (tertiary/aromatic N) is 3. The molecule has 112 valence electrons. The van der Waals surface area contributed by atoms with E-state index >= 15 is 0 Å². The number of hydrogen-bond acceptors (Lipinski definition) is 6. The van der Waals surface area contributed by atoms with Crippen molar-refractivity contribution in [3.8, 4) is 0 Å². The molecule has 0 spiro atoms. The average Bonchev–Trinajstić information content (AvgIpc) is 2.48. The third-order valence-electron chi connectivity index (χ3n) is 2.94. The summed E-state index contributed by atoms with van der Waals surface area (Å²) in [7, 11) is 1.28. The van der Waals surface area contributed by atoms with Crippen LogP contribution in [0.1, 0.15) is 15.9 Å². The molecule has 0 aliphatic carbocycles. The van der Waals surface area contributed by atoms with E-state index in [1.54, 1.807) is 0 Å². The molecule has 9 heteroatoms. The van der Waals surface area contributed by atoms with Crippen molar-refractivity contribution in [2.45, 2.75) is 0 Å². The molecule has 0 aliphatic heterocycles. The molecule has 0 atom stereocenters. The Balaban J connectivity index is 2.55. The van der Waals surface area contributed by atoms with Gasteiger partial charge in [-0.25, -0.2) is 0 Å². The Morgan fingerprint density at radius 3 is 2.36 bits per heavy atom. The molecule has 0 N–H and O–H groups in total. The second kappa shape index (κ2) is 5.56. The number of carbonyl (C=O) groups is 1. The van der Waals surface area contributed by atoms with Crippen LogP contribution in [-0.2, 0) is 7.05 Å². The number of nitro groups is 2. The summed E-state index contributed by atoms with van der Waals surface area (Å²) in [5, 5.41) is 21.5. The molecule has 0 unspecified atom stereocenters. The highest BCUT2D eigenvalue weighted by molar-refractivity contribution is 6.09. The number of pyridine rings is 1. The molecule has 0 fully saturated rings. The molecule has 22 heavy (non-hydrogen) atoms. The predicted octanol–water partition coefficient (Wildman–Crippen LogP) is 1.43. The molecule has 0 radical (unpaired) electrons. The lowest BCUT2D eigenvalue weighted by atomic mass is 10.0. The molecule has 1 heterocycles. The number of benzene rings is 1. The van der Waals surface area contributed by atoms with Crippen molar-refractivity contribution in [1.82, 2.24) is 4.57 Å². The quantitative estimate of drug-likeness (QED) is 0.478. The average molecular weight is 303 g/mol. The van der Waals surface area contributed by atoms with Crippen LogP contribution in [0.2, 0.25) is 0 Å². The number of rotatable bonds is 4. The second-order valence-corrected chi connectivity index (χ2v) is 4.42. The third-order valence-corrected chi connectivity index (χ3v) is 2.94. The van der Waals surface area contributed by atoms with Gasteiger partial charge in [0.2, 0.25) is 0 Å². The van der Waals surface area contributed by atoms with E-state index in [2.05, 4.69) is 0 Å². The van der Waals surface area contributed by atoms with Gasteiger partial charge in [0.05, 0.1) is 9.85 Å². The number of carbonyl (C=O) groups excluding carboxylic acids is 1. The Bertz CT molecular complexity index is 855. The molecule has 2 aromatic rings. The minimum atomic E-state index is -0.882. The van der Waals surface area contributed by atoms with Crippen LogP contribution in [0.5, 0.6) is 0 Å². The smallest absolute Gasteiger partial charge is 0.312 e. The Morgan fingerprint density at radius 2 is 1.77 bits per heavy atom. The maximum atomic E-state index is 12.3. The second-order valence-electron chi connectivity index (χ2n) is 4.42. The van der Waals surface area contributed by atoms with Crippen LogP contribution < -0.4 is 5.56 Å². The van der Waals surface area contributed by atoms with Gasteiger partial charge in [0, 0.05) is 42.6 Å². The molecule has 1 aromatic heterocycles. The zero-order valence-corrected chi connectivity index (χ0v) is 11.3. The van der Waals surface area contributed by atoms with E-state index in [1.807, 2.05) is 0 Å². The fraction of sp³-hybridized carbons (Fsp3) is 0.0769. The summed E-state index contributed by atoms with van der Waals surface area (Å²) in [5.74, 6) is -0.651. The standard InChI is InChI=1S/C13H9N3O6/c1-14-7-9(6-11(13(14)18)16(21)22)12(17)8-3-2-4-10(5-8)15(19)20/h2-7H,1H3. The number of ketones is 1. The Morgan fingerprint density at radius 1 is 1.09 bits per heavy atom. The van der Waals surface area contributed by atoms with Gasteiger partial charge in [-0.05, 0) is 0 Å². The number of aromatic nitrogens is 1. The lowest BCUT2D eigenvalue weighted by Crippen LogP contribution is -2.21. The topological polar surface area (TPSA) is 125 Å². The Kier molecular flexibility index (Phi) is 3.80. The zero-order chi connectivity index (χ0) is 16.4. The molecule has 1 aromatic carbocycles. The molecule has 0 amide bonds.